The highest BCUT2D eigenvalue weighted by molar-refractivity contribution is 4.88. The Labute approximate surface area is 131 Å². The van der Waals surface area contributed by atoms with Crippen molar-refractivity contribution in [1.82, 2.24) is 10.2 Å². The summed E-state index contributed by atoms with van der Waals surface area (Å²) in [5, 5.41) is 13.6. The highest BCUT2D eigenvalue weighted by Gasteiger charge is 2.33. The van der Waals surface area contributed by atoms with Gasteiger partial charge in [0.25, 0.3) is 0 Å². The predicted octanol–water partition coefficient (Wildman–Crippen LogP) is 2.88. The summed E-state index contributed by atoms with van der Waals surface area (Å²) in [7, 11) is 0. The van der Waals surface area contributed by atoms with E-state index in [4.69, 9.17) is 0 Å². The van der Waals surface area contributed by atoms with Gasteiger partial charge in [0, 0.05) is 19.1 Å². The second-order valence-electron chi connectivity index (χ2n) is 7.46. The molecule has 1 saturated heterocycles. The number of hydrogen-bond donors (Lipinski definition) is 2. The summed E-state index contributed by atoms with van der Waals surface area (Å²) in [6.45, 7) is 11.2. The molecule has 1 saturated carbocycles. The van der Waals surface area contributed by atoms with Gasteiger partial charge < -0.3 is 15.3 Å². The van der Waals surface area contributed by atoms with E-state index < -0.39 is 0 Å². The maximum atomic E-state index is 9.79. The van der Waals surface area contributed by atoms with Crippen molar-refractivity contribution in [3.8, 4) is 0 Å². The number of aliphatic hydroxyl groups excluding tert-OH is 1. The van der Waals surface area contributed by atoms with Gasteiger partial charge in [-0.25, -0.2) is 0 Å². The van der Waals surface area contributed by atoms with E-state index in [-0.39, 0.29) is 6.10 Å². The summed E-state index contributed by atoms with van der Waals surface area (Å²) >= 11 is 0. The molecular formula is C18H36N2O. The third-order valence-corrected chi connectivity index (χ3v) is 5.81. The fraction of sp³-hybridized carbons (Fsp3) is 1.00. The first-order chi connectivity index (χ1) is 10.1. The SMILES string of the molecule is CCCNC1CCC(CC)CC1CN1CCC(C(C)O)C1. The second-order valence-corrected chi connectivity index (χ2v) is 7.46. The van der Waals surface area contributed by atoms with Crippen LogP contribution in [0.3, 0.4) is 0 Å². The van der Waals surface area contributed by atoms with Crippen LogP contribution in [0, 0.1) is 17.8 Å². The van der Waals surface area contributed by atoms with Gasteiger partial charge in [-0.15, -0.1) is 0 Å². The maximum absolute atomic E-state index is 9.79. The lowest BCUT2D eigenvalue weighted by molar-refractivity contribution is 0.116. The highest BCUT2D eigenvalue weighted by atomic mass is 16.3. The van der Waals surface area contributed by atoms with Gasteiger partial charge in [0.1, 0.15) is 0 Å². The van der Waals surface area contributed by atoms with Crippen molar-refractivity contribution in [2.75, 3.05) is 26.2 Å². The fourth-order valence-corrected chi connectivity index (χ4v) is 4.29. The van der Waals surface area contributed by atoms with Gasteiger partial charge in [0.15, 0.2) is 0 Å². The highest BCUT2D eigenvalue weighted by Crippen LogP contribution is 2.33. The summed E-state index contributed by atoms with van der Waals surface area (Å²) < 4.78 is 0. The van der Waals surface area contributed by atoms with Gasteiger partial charge in [-0.3, -0.25) is 0 Å². The second kappa shape index (κ2) is 8.50. The van der Waals surface area contributed by atoms with E-state index >= 15 is 0 Å². The minimum atomic E-state index is -0.140. The molecule has 2 N–H and O–H groups in total. The van der Waals surface area contributed by atoms with E-state index in [1.807, 2.05) is 6.92 Å². The van der Waals surface area contributed by atoms with Crippen molar-refractivity contribution in [3.05, 3.63) is 0 Å². The molecule has 5 atom stereocenters. The zero-order valence-electron chi connectivity index (χ0n) is 14.4. The molecule has 0 bridgehead atoms. The summed E-state index contributed by atoms with van der Waals surface area (Å²) in [5.41, 5.74) is 0. The molecule has 5 unspecified atom stereocenters. The molecule has 0 aromatic heterocycles. The van der Waals surface area contributed by atoms with E-state index in [1.54, 1.807) is 0 Å². The average Bonchev–Trinajstić information content (AvgIpc) is 2.94. The Kier molecular flexibility index (Phi) is 6.97. The van der Waals surface area contributed by atoms with E-state index in [9.17, 15) is 5.11 Å². The molecule has 3 heteroatoms. The van der Waals surface area contributed by atoms with Crippen LogP contribution >= 0.6 is 0 Å². The van der Waals surface area contributed by atoms with Gasteiger partial charge in [-0.1, -0.05) is 20.3 Å². The molecule has 0 aromatic rings. The minimum absolute atomic E-state index is 0.140. The number of hydrogen-bond acceptors (Lipinski definition) is 3. The van der Waals surface area contributed by atoms with E-state index in [1.165, 1.54) is 51.6 Å². The quantitative estimate of drug-likeness (QED) is 0.758. The molecule has 1 aliphatic heterocycles. The fourth-order valence-electron chi connectivity index (χ4n) is 4.29. The molecule has 124 valence electrons. The first-order valence-corrected chi connectivity index (χ1v) is 9.27. The molecule has 1 heterocycles. The molecule has 2 fully saturated rings. The molecule has 0 spiro atoms. The van der Waals surface area contributed by atoms with Gasteiger partial charge in [0.05, 0.1) is 6.10 Å². The number of rotatable bonds is 7. The molecule has 2 rings (SSSR count). The minimum Gasteiger partial charge on any atom is -0.393 e. The smallest absolute Gasteiger partial charge is 0.0552 e. The largest absolute Gasteiger partial charge is 0.393 e. The first-order valence-electron chi connectivity index (χ1n) is 9.27. The van der Waals surface area contributed by atoms with Crippen LogP contribution < -0.4 is 5.32 Å². The van der Waals surface area contributed by atoms with Crippen molar-refractivity contribution < 1.29 is 5.11 Å². The van der Waals surface area contributed by atoms with Crippen LogP contribution in [0.4, 0.5) is 0 Å². The monoisotopic (exact) mass is 296 g/mol. The zero-order valence-corrected chi connectivity index (χ0v) is 14.4. The van der Waals surface area contributed by atoms with E-state index in [0.717, 1.165) is 31.0 Å². The van der Waals surface area contributed by atoms with Crippen LogP contribution in [-0.4, -0.2) is 48.3 Å². The Morgan fingerprint density at radius 3 is 2.67 bits per heavy atom. The van der Waals surface area contributed by atoms with E-state index in [0.29, 0.717) is 5.92 Å². The van der Waals surface area contributed by atoms with Crippen LogP contribution in [0.25, 0.3) is 0 Å². The standard InChI is InChI=1S/C18H36N2O/c1-4-9-19-18-7-6-15(5-2)11-17(18)13-20-10-8-16(12-20)14(3)21/h14-19,21H,4-13H2,1-3H3. The third kappa shape index (κ3) is 4.94. The summed E-state index contributed by atoms with van der Waals surface area (Å²) in [4.78, 5) is 2.61. The first kappa shape index (κ1) is 17.2. The Morgan fingerprint density at radius 1 is 1.24 bits per heavy atom. The van der Waals surface area contributed by atoms with Crippen LogP contribution in [0.2, 0.25) is 0 Å². The molecule has 0 amide bonds. The average molecular weight is 296 g/mol. The van der Waals surface area contributed by atoms with Crippen LogP contribution in [0.5, 0.6) is 0 Å². The third-order valence-electron chi connectivity index (χ3n) is 5.81. The molecule has 0 radical (unpaired) electrons. The molecule has 1 aliphatic carbocycles. The zero-order chi connectivity index (χ0) is 15.2. The van der Waals surface area contributed by atoms with Gasteiger partial charge in [0.2, 0.25) is 0 Å². The lowest BCUT2D eigenvalue weighted by Crippen LogP contribution is -2.45. The van der Waals surface area contributed by atoms with Crippen molar-refractivity contribution in [3.63, 3.8) is 0 Å². The van der Waals surface area contributed by atoms with Crippen LogP contribution in [-0.2, 0) is 0 Å². The van der Waals surface area contributed by atoms with Crippen LogP contribution in [0.15, 0.2) is 0 Å². The molecular weight excluding hydrogens is 260 g/mol. The Balaban J connectivity index is 1.87. The van der Waals surface area contributed by atoms with Gasteiger partial charge in [-0.2, -0.15) is 0 Å². The lowest BCUT2D eigenvalue weighted by Gasteiger charge is -2.38. The van der Waals surface area contributed by atoms with Crippen molar-refractivity contribution in [1.29, 1.82) is 0 Å². The summed E-state index contributed by atoms with van der Waals surface area (Å²) in [5.74, 6) is 2.24. The van der Waals surface area contributed by atoms with Gasteiger partial charge >= 0.3 is 0 Å². The molecule has 0 aromatic carbocycles. The number of likely N-dealkylation sites (tertiary alicyclic amines) is 1. The number of nitrogens with one attached hydrogen (secondary N) is 1. The summed E-state index contributed by atoms with van der Waals surface area (Å²) in [6, 6.07) is 0.721. The molecule has 2 aliphatic rings. The summed E-state index contributed by atoms with van der Waals surface area (Å²) in [6.07, 6.45) is 7.77. The van der Waals surface area contributed by atoms with Crippen molar-refractivity contribution in [2.45, 2.75) is 71.4 Å². The lowest BCUT2D eigenvalue weighted by atomic mass is 9.76. The number of aliphatic hydroxyl groups is 1. The normalized spacial score (nSPS) is 36.0. The van der Waals surface area contributed by atoms with Crippen molar-refractivity contribution in [2.24, 2.45) is 17.8 Å². The Bertz CT molecular complexity index is 295. The van der Waals surface area contributed by atoms with Crippen molar-refractivity contribution >= 4 is 0 Å². The Morgan fingerprint density at radius 2 is 2.05 bits per heavy atom. The predicted molar refractivity (Wildman–Crippen MR) is 89.4 cm³/mol. The van der Waals surface area contributed by atoms with Crippen LogP contribution in [0.1, 0.15) is 59.3 Å². The van der Waals surface area contributed by atoms with E-state index in [2.05, 4.69) is 24.1 Å². The molecule has 3 nitrogen and oxygen atoms in total. The molecule has 21 heavy (non-hydrogen) atoms. The maximum Gasteiger partial charge on any atom is 0.0552 e. The topological polar surface area (TPSA) is 35.5 Å². The number of nitrogens with zero attached hydrogens (tertiary/aromatic N) is 1. The van der Waals surface area contributed by atoms with Gasteiger partial charge in [-0.05, 0) is 69.9 Å². The Hall–Kier alpha value is -0.120.